The van der Waals surface area contributed by atoms with E-state index in [1.54, 1.807) is 12.1 Å². The van der Waals surface area contributed by atoms with Crippen LogP contribution in [0.4, 0.5) is 0 Å². The Bertz CT molecular complexity index is 974. The van der Waals surface area contributed by atoms with E-state index in [1.165, 1.54) is 5.57 Å². The summed E-state index contributed by atoms with van der Waals surface area (Å²) >= 11 is 0. The molecule has 1 aromatic rings. The van der Waals surface area contributed by atoms with Crippen LogP contribution in [0.15, 0.2) is 28.9 Å². The number of hydrogen-bond donors (Lipinski definition) is 1. The number of fused-ring (bicyclic) bond motifs is 3. The SMILES string of the molecule is CC1=CC[C@@H]2[C@@H](C1)c1c(O)cc(OC(=O)C3(CCCCN=[N+]=[N-])CCC3)cc1OC2(C)C. The predicted molar refractivity (Wildman–Crippen MR) is 122 cm³/mol. The molecule has 0 spiro atoms. The molecule has 0 aromatic heterocycles. The molecule has 1 fully saturated rings. The molecular weight excluding hydrogens is 406 g/mol. The van der Waals surface area contributed by atoms with Crippen molar-refractivity contribution in [2.75, 3.05) is 6.54 Å². The van der Waals surface area contributed by atoms with E-state index < -0.39 is 5.41 Å². The van der Waals surface area contributed by atoms with Gasteiger partial charge >= 0.3 is 5.97 Å². The zero-order chi connectivity index (χ0) is 22.9. The van der Waals surface area contributed by atoms with E-state index in [0.29, 0.717) is 24.0 Å². The molecule has 1 aromatic carbocycles. The molecule has 1 N–H and O–H groups in total. The lowest BCUT2D eigenvalue weighted by Crippen LogP contribution is -2.45. The van der Waals surface area contributed by atoms with E-state index in [2.05, 4.69) is 36.9 Å². The van der Waals surface area contributed by atoms with E-state index in [4.69, 9.17) is 15.0 Å². The van der Waals surface area contributed by atoms with Crippen molar-refractivity contribution >= 4 is 5.97 Å². The van der Waals surface area contributed by atoms with Gasteiger partial charge in [0.1, 0.15) is 22.8 Å². The molecule has 0 bridgehead atoms. The highest BCUT2D eigenvalue weighted by Crippen LogP contribution is 2.55. The first-order valence-corrected chi connectivity index (χ1v) is 11.7. The Hall–Kier alpha value is -2.66. The van der Waals surface area contributed by atoms with Crippen LogP contribution in [0, 0.1) is 11.3 Å². The minimum atomic E-state index is -0.474. The molecule has 172 valence electrons. The molecule has 3 aliphatic rings. The van der Waals surface area contributed by atoms with Gasteiger partial charge in [-0.05, 0) is 64.8 Å². The van der Waals surface area contributed by atoms with Crippen molar-refractivity contribution in [2.24, 2.45) is 16.4 Å². The first-order valence-electron chi connectivity index (χ1n) is 11.7. The maximum Gasteiger partial charge on any atom is 0.317 e. The van der Waals surface area contributed by atoms with Gasteiger partial charge in [-0.2, -0.15) is 0 Å². The van der Waals surface area contributed by atoms with Crippen molar-refractivity contribution in [2.45, 2.75) is 83.7 Å². The molecule has 1 aliphatic heterocycles. The van der Waals surface area contributed by atoms with Crippen molar-refractivity contribution in [1.82, 2.24) is 0 Å². The number of esters is 1. The second-order valence-corrected chi connectivity index (χ2v) is 10.2. The maximum absolute atomic E-state index is 13.1. The van der Waals surface area contributed by atoms with Gasteiger partial charge in [-0.3, -0.25) is 4.79 Å². The lowest BCUT2D eigenvalue weighted by Gasteiger charge is -2.47. The van der Waals surface area contributed by atoms with Crippen LogP contribution in [0.25, 0.3) is 10.4 Å². The van der Waals surface area contributed by atoms with Crippen molar-refractivity contribution < 1.29 is 19.4 Å². The minimum absolute atomic E-state index is 0.141. The maximum atomic E-state index is 13.1. The van der Waals surface area contributed by atoms with Gasteiger partial charge in [0.25, 0.3) is 0 Å². The lowest BCUT2D eigenvalue weighted by atomic mass is 9.66. The topological polar surface area (TPSA) is 105 Å². The van der Waals surface area contributed by atoms with Gasteiger partial charge in [0.2, 0.25) is 0 Å². The molecule has 32 heavy (non-hydrogen) atoms. The lowest BCUT2D eigenvalue weighted by molar-refractivity contribution is -0.152. The Balaban J connectivity index is 1.52. The van der Waals surface area contributed by atoms with Gasteiger partial charge in [-0.1, -0.05) is 29.6 Å². The number of carbonyl (C=O) groups excluding carboxylic acids is 1. The molecule has 0 unspecified atom stereocenters. The summed E-state index contributed by atoms with van der Waals surface area (Å²) in [6, 6.07) is 3.34. The van der Waals surface area contributed by atoms with Gasteiger partial charge in [-0.25, -0.2) is 0 Å². The third-order valence-corrected chi connectivity index (χ3v) is 7.66. The number of phenols is 1. The number of nitrogens with zero attached hydrogens (tertiary/aromatic N) is 3. The molecule has 1 heterocycles. The molecule has 0 amide bonds. The number of ether oxygens (including phenoxy) is 2. The van der Waals surface area contributed by atoms with Crippen LogP contribution in [0.5, 0.6) is 17.2 Å². The molecule has 7 heteroatoms. The summed E-state index contributed by atoms with van der Waals surface area (Å²) in [6.45, 7) is 6.77. The number of phenolic OH excluding ortho intramolecular Hbond substituents is 1. The number of aromatic hydroxyl groups is 1. The summed E-state index contributed by atoms with van der Waals surface area (Å²) in [6.07, 6.45) is 9.03. The van der Waals surface area contributed by atoms with Crippen LogP contribution in [-0.2, 0) is 4.79 Å². The fourth-order valence-electron chi connectivity index (χ4n) is 5.66. The number of carbonyl (C=O) groups is 1. The van der Waals surface area contributed by atoms with Crippen LogP contribution in [0.1, 0.15) is 83.6 Å². The van der Waals surface area contributed by atoms with Gasteiger partial charge in [-0.15, -0.1) is 0 Å². The van der Waals surface area contributed by atoms with Gasteiger partial charge in [0.05, 0.1) is 5.41 Å². The molecule has 4 rings (SSSR count). The minimum Gasteiger partial charge on any atom is -0.507 e. The molecule has 0 radical (unpaired) electrons. The average Bonchev–Trinajstić information content (AvgIpc) is 2.68. The highest BCUT2D eigenvalue weighted by Gasteiger charge is 2.47. The second kappa shape index (κ2) is 8.70. The van der Waals surface area contributed by atoms with E-state index in [-0.39, 0.29) is 23.2 Å². The Labute approximate surface area is 189 Å². The summed E-state index contributed by atoms with van der Waals surface area (Å²) in [5, 5.41) is 14.5. The van der Waals surface area contributed by atoms with Crippen molar-refractivity contribution in [1.29, 1.82) is 0 Å². The second-order valence-electron chi connectivity index (χ2n) is 10.2. The zero-order valence-electron chi connectivity index (χ0n) is 19.3. The van der Waals surface area contributed by atoms with Gasteiger partial charge < -0.3 is 14.6 Å². The number of hydrogen-bond acceptors (Lipinski definition) is 5. The summed E-state index contributed by atoms with van der Waals surface area (Å²) < 4.78 is 12.1. The largest absolute Gasteiger partial charge is 0.507 e. The zero-order valence-corrected chi connectivity index (χ0v) is 19.3. The monoisotopic (exact) mass is 439 g/mol. The van der Waals surface area contributed by atoms with Crippen LogP contribution >= 0.6 is 0 Å². The van der Waals surface area contributed by atoms with E-state index in [0.717, 1.165) is 56.9 Å². The molecule has 2 aliphatic carbocycles. The van der Waals surface area contributed by atoms with E-state index in [1.807, 2.05) is 0 Å². The number of allylic oxidation sites excluding steroid dienone is 2. The molecule has 7 nitrogen and oxygen atoms in total. The summed E-state index contributed by atoms with van der Waals surface area (Å²) in [5.41, 5.74) is 9.72. The molecule has 1 saturated carbocycles. The fourth-order valence-corrected chi connectivity index (χ4v) is 5.66. The third-order valence-electron chi connectivity index (χ3n) is 7.66. The normalized spacial score (nSPS) is 24.5. The van der Waals surface area contributed by atoms with Crippen LogP contribution in [0.2, 0.25) is 0 Å². The summed E-state index contributed by atoms with van der Waals surface area (Å²) in [4.78, 5) is 15.9. The molecule has 0 saturated heterocycles. The Morgan fingerprint density at radius 1 is 1.34 bits per heavy atom. The van der Waals surface area contributed by atoms with Crippen LogP contribution in [-0.4, -0.2) is 23.2 Å². The van der Waals surface area contributed by atoms with E-state index >= 15 is 0 Å². The number of unbranched alkanes of at least 4 members (excludes halogenated alkanes) is 1. The summed E-state index contributed by atoms with van der Waals surface area (Å²) in [7, 11) is 0. The highest BCUT2D eigenvalue weighted by atomic mass is 16.5. The van der Waals surface area contributed by atoms with Crippen molar-refractivity contribution in [3.05, 3.63) is 39.8 Å². The molecule has 2 atom stereocenters. The number of rotatable bonds is 7. The quantitative estimate of drug-likeness (QED) is 0.0987. The first kappa shape index (κ1) is 22.5. The predicted octanol–water partition coefficient (Wildman–Crippen LogP) is 6.56. The van der Waals surface area contributed by atoms with Crippen LogP contribution in [0.3, 0.4) is 0 Å². The standard InChI is InChI=1S/C25H33N3O4/c1-16-7-8-19-18(13-16)22-20(29)14-17(15-21(22)32-24(19,2)3)31-23(30)25(10-6-11-25)9-4-5-12-27-28-26/h7,14-15,18-19,29H,4-6,8-13H2,1-3H3/t18-,19-/m1/s1. The number of azide groups is 1. The fraction of sp³-hybridized carbons (Fsp3) is 0.640. The first-order chi connectivity index (χ1) is 15.3. The highest BCUT2D eigenvalue weighted by molar-refractivity contribution is 5.80. The Morgan fingerprint density at radius 2 is 2.12 bits per heavy atom. The Kier molecular flexibility index (Phi) is 6.13. The smallest absolute Gasteiger partial charge is 0.317 e. The number of benzene rings is 1. The summed E-state index contributed by atoms with van der Waals surface area (Å²) in [5.74, 6) is 1.34. The van der Waals surface area contributed by atoms with Crippen LogP contribution < -0.4 is 9.47 Å². The van der Waals surface area contributed by atoms with Gasteiger partial charge in [0.15, 0.2) is 0 Å². The third kappa shape index (κ3) is 4.18. The van der Waals surface area contributed by atoms with E-state index in [9.17, 15) is 9.90 Å². The molecular formula is C25H33N3O4. The van der Waals surface area contributed by atoms with Crippen molar-refractivity contribution in [3.63, 3.8) is 0 Å². The average molecular weight is 440 g/mol. The Morgan fingerprint density at radius 3 is 2.81 bits per heavy atom. The van der Waals surface area contributed by atoms with Gasteiger partial charge in [0, 0.05) is 41.0 Å². The van der Waals surface area contributed by atoms with Crippen molar-refractivity contribution in [3.8, 4) is 17.2 Å².